The average molecular weight is 337 g/mol. The normalized spacial score (nSPS) is 26.4. The van der Waals surface area contributed by atoms with E-state index < -0.39 is 10.0 Å². The van der Waals surface area contributed by atoms with Crippen LogP contribution in [0, 0.1) is 17.8 Å². The molecule has 0 heterocycles. The van der Waals surface area contributed by atoms with Crippen LogP contribution in [0.3, 0.4) is 0 Å². The molecule has 0 radical (unpaired) electrons. The van der Waals surface area contributed by atoms with E-state index in [1.54, 1.807) is 12.1 Å². The molecule has 2 atom stereocenters. The first-order valence-electron chi connectivity index (χ1n) is 8.13. The van der Waals surface area contributed by atoms with E-state index in [2.05, 4.69) is 10.0 Å². The number of hydrogen-bond acceptors (Lipinski definition) is 4. The number of rotatable bonds is 6. The van der Waals surface area contributed by atoms with Crippen LogP contribution in [-0.2, 0) is 14.8 Å². The zero-order valence-corrected chi connectivity index (χ0v) is 13.8. The van der Waals surface area contributed by atoms with Crippen molar-refractivity contribution in [1.82, 2.24) is 4.72 Å². The number of hydrogen-bond donors (Lipinski definition) is 3. The quantitative estimate of drug-likeness (QED) is 0.728. The molecule has 1 aromatic carbocycles. The molecule has 6 nitrogen and oxygen atoms in total. The van der Waals surface area contributed by atoms with Gasteiger partial charge in [0.15, 0.2) is 0 Å². The summed E-state index contributed by atoms with van der Waals surface area (Å²) in [5.41, 5.74) is 5.85. The fourth-order valence-electron chi connectivity index (χ4n) is 3.62. The lowest BCUT2D eigenvalue weighted by Crippen LogP contribution is -2.29. The molecule has 0 spiro atoms. The highest BCUT2D eigenvalue weighted by Crippen LogP contribution is 2.55. The van der Waals surface area contributed by atoms with Gasteiger partial charge in [-0.05, 0) is 42.9 Å². The summed E-state index contributed by atoms with van der Waals surface area (Å²) in [6.07, 6.45) is 4.71. The second-order valence-corrected chi connectivity index (χ2v) is 8.11. The van der Waals surface area contributed by atoms with Crippen molar-refractivity contribution in [3.8, 4) is 0 Å². The van der Waals surface area contributed by atoms with Gasteiger partial charge in [-0.25, -0.2) is 13.1 Å². The Morgan fingerprint density at radius 2 is 1.91 bits per heavy atom. The summed E-state index contributed by atoms with van der Waals surface area (Å²) in [4.78, 5) is 12.5. The average Bonchev–Trinajstić information content (AvgIpc) is 3.28. The van der Waals surface area contributed by atoms with E-state index in [4.69, 9.17) is 5.73 Å². The number of carbonyl (C=O) groups excluding carboxylic acids is 1. The van der Waals surface area contributed by atoms with Crippen LogP contribution in [0.1, 0.15) is 25.7 Å². The van der Waals surface area contributed by atoms with Crippen molar-refractivity contribution in [2.45, 2.75) is 30.6 Å². The summed E-state index contributed by atoms with van der Waals surface area (Å²) in [6.45, 7) is 0.421. The lowest BCUT2D eigenvalue weighted by molar-refractivity contribution is -0.117. The fraction of sp³-hybridized carbons (Fsp3) is 0.562. The Bertz CT molecular complexity index is 678. The number of nitrogens with two attached hydrogens (primary N) is 1. The highest BCUT2D eigenvalue weighted by atomic mass is 32.2. The summed E-state index contributed by atoms with van der Waals surface area (Å²) in [5, 5.41) is 2.87. The van der Waals surface area contributed by atoms with Crippen molar-refractivity contribution in [2.75, 3.05) is 18.4 Å². The Morgan fingerprint density at radius 3 is 2.57 bits per heavy atom. The molecule has 126 valence electrons. The molecule has 2 unspecified atom stereocenters. The summed E-state index contributed by atoms with van der Waals surface area (Å²) in [7, 11) is -3.59. The van der Waals surface area contributed by atoms with Crippen LogP contribution < -0.4 is 15.8 Å². The highest BCUT2D eigenvalue weighted by Gasteiger charge is 2.54. The topological polar surface area (TPSA) is 101 Å². The molecule has 0 saturated heterocycles. The van der Waals surface area contributed by atoms with Crippen LogP contribution in [0.5, 0.6) is 0 Å². The number of nitrogens with one attached hydrogen (secondary N) is 2. The van der Waals surface area contributed by atoms with E-state index in [1.807, 2.05) is 0 Å². The lowest BCUT2D eigenvalue weighted by atomic mass is 10.0. The van der Waals surface area contributed by atoms with Gasteiger partial charge < -0.3 is 11.1 Å². The summed E-state index contributed by atoms with van der Waals surface area (Å²) >= 11 is 0. The Kier molecular flexibility index (Phi) is 4.70. The molecular formula is C16H23N3O3S. The lowest BCUT2D eigenvalue weighted by Gasteiger charge is -2.09. The van der Waals surface area contributed by atoms with Gasteiger partial charge in [-0.2, -0.15) is 0 Å². The number of amides is 1. The van der Waals surface area contributed by atoms with E-state index in [9.17, 15) is 13.2 Å². The van der Waals surface area contributed by atoms with Crippen molar-refractivity contribution in [2.24, 2.45) is 23.5 Å². The molecule has 0 aliphatic heterocycles. The standard InChI is InChI=1S/C16H23N3O3S/c17-8-9-18-23(21,22)12-5-3-4-11(10-12)19-16(20)15-13-6-1-2-7-14(13)15/h3-5,10,13-15,18H,1-2,6-9,17H2,(H,19,20). The van der Waals surface area contributed by atoms with Crippen molar-refractivity contribution in [3.05, 3.63) is 24.3 Å². The number of anilines is 1. The van der Waals surface area contributed by atoms with E-state index >= 15 is 0 Å². The van der Waals surface area contributed by atoms with Crippen LogP contribution in [0.15, 0.2) is 29.2 Å². The molecule has 0 bridgehead atoms. The molecule has 2 aliphatic carbocycles. The Balaban J connectivity index is 1.67. The van der Waals surface area contributed by atoms with Crippen LogP contribution in [0.25, 0.3) is 0 Å². The second kappa shape index (κ2) is 6.59. The summed E-state index contributed by atoms with van der Waals surface area (Å²) in [6, 6.07) is 6.34. The van der Waals surface area contributed by atoms with Gasteiger partial charge in [0.2, 0.25) is 15.9 Å². The third-order valence-corrected chi connectivity index (χ3v) is 6.27. The summed E-state index contributed by atoms with van der Waals surface area (Å²) < 4.78 is 26.6. The van der Waals surface area contributed by atoms with Gasteiger partial charge in [-0.1, -0.05) is 18.9 Å². The van der Waals surface area contributed by atoms with E-state index in [-0.39, 0.29) is 29.8 Å². The van der Waals surface area contributed by atoms with E-state index in [0.717, 1.165) is 12.8 Å². The molecular weight excluding hydrogens is 314 g/mol. The van der Waals surface area contributed by atoms with Crippen molar-refractivity contribution >= 4 is 21.6 Å². The minimum Gasteiger partial charge on any atom is -0.329 e. The van der Waals surface area contributed by atoms with Crippen LogP contribution in [0.4, 0.5) is 5.69 Å². The molecule has 4 N–H and O–H groups in total. The van der Waals surface area contributed by atoms with Gasteiger partial charge in [0.05, 0.1) is 4.90 Å². The molecule has 2 aliphatic rings. The molecule has 23 heavy (non-hydrogen) atoms. The first kappa shape index (κ1) is 16.4. The van der Waals surface area contributed by atoms with Gasteiger partial charge in [-0.15, -0.1) is 0 Å². The van der Waals surface area contributed by atoms with Crippen LogP contribution in [-0.4, -0.2) is 27.4 Å². The minimum atomic E-state index is -3.59. The Morgan fingerprint density at radius 1 is 1.22 bits per heavy atom. The third kappa shape index (κ3) is 3.57. The molecule has 3 rings (SSSR count). The van der Waals surface area contributed by atoms with Gasteiger partial charge >= 0.3 is 0 Å². The first-order valence-corrected chi connectivity index (χ1v) is 9.62. The Labute approximate surface area is 136 Å². The van der Waals surface area contributed by atoms with Crippen molar-refractivity contribution < 1.29 is 13.2 Å². The maximum Gasteiger partial charge on any atom is 0.240 e. The van der Waals surface area contributed by atoms with Gasteiger partial charge in [0.25, 0.3) is 0 Å². The summed E-state index contributed by atoms with van der Waals surface area (Å²) in [5.74, 6) is 1.18. The van der Waals surface area contributed by atoms with Crippen LogP contribution >= 0.6 is 0 Å². The fourth-order valence-corrected chi connectivity index (χ4v) is 4.72. The van der Waals surface area contributed by atoms with Crippen molar-refractivity contribution in [3.63, 3.8) is 0 Å². The predicted molar refractivity (Wildman–Crippen MR) is 88.3 cm³/mol. The number of fused-ring (bicyclic) bond motifs is 1. The largest absolute Gasteiger partial charge is 0.329 e. The third-order valence-electron chi connectivity index (χ3n) is 4.81. The van der Waals surface area contributed by atoms with Crippen molar-refractivity contribution in [1.29, 1.82) is 0 Å². The molecule has 1 amide bonds. The van der Waals surface area contributed by atoms with E-state index in [0.29, 0.717) is 17.5 Å². The second-order valence-electron chi connectivity index (χ2n) is 6.34. The first-order chi connectivity index (χ1) is 11.0. The predicted octanol–water partition coefficient (Wildman–Crippen LogP) is 1.30. The zero-order valence-electron chi connectivity index (χ0n) is 13.0. The molecule has 2 saturated carbocycles. The highest BCUT2D eigenvalue weighted by molar-refractivity contribution is 7.89. The van der Waals surface area contributed by atoms with Gasteiger partial charge in [0.1, 0.15) is 0 Å². The number of carbonyl (C=O) groups is 1. The monoisotopic (exact) mass is 337 g/mol. The maximum atomic E-state index is 12.4. The molecule has 1 aromatic rings. The minimum absolute atomic E-state index is 0.0198. The van der Waals surface area contributed by atoms with Gasteiger partial charge in [0, 0.05) is 24.7 Å². The van der Waals surface area contributed by atoms with Gasteiger partial charge in [-0.3, -0.25) is 4.79 Å². The van der Waals surface area contributed by atoms with E-state index in [1.165, 1.54) is 25.0 Å². The molecule has 7 heteroatoms. The maximum absolute atomic E-state index is 12.4. The zero-order chi connectivity index (χ0) is 16.4. The number of benzene rings is 1. The number of sulfonamides is 1. The molecule has 2 fully saturated rings. The van der Waals surface area contributed by atoms with Crippen LogP contribution in [0.2, 0.25) is 0 Å². The molecule has 0 aromatic heterocycles. The SMILES string of the molecule is NCCNS(=O)(=O)c1cccc(NC(=O)C2C3CCCCC32)c1. The Hall–Kier alpha value is -1.44. The smallest absolute Gasteiger partial charge is 0.240 e.